The summed E-state index contributed by atoms with van der Waals surface area (Å²) < 4.78 is 5.09. The van der Waals surface area contributed by atoms with Crippen LogP contribution in [-0.2, 0) is 4.79 Å². The first-order valence-electron chi connectivity index (χ1n) is 4.64. The van der Waals surface area contributed by atoms with Gasteiger partial charge >= 0.3 is 0 Å². The van der Waals surface area contributed by atoms with Crippen LogP contribution in [-0.4, -0.2) is 19.6 Å². The molecule has 0 bridgehead atoms. The van der Waals surface area contributed by atoms with Crippen LogP contribution in [0.15, 0.2) is 18.2 Å². The van der Waals surface area contributed by atoms with Gasteiger partial charge in [0.25, 0.3) is 0 Å². The first-order chi connectivity index (χ1) is 6.85. The fourth-order valence-corrected chi connectivity index (χ4v) is 1.40. The van der Waals surface area contributed by atoms with E-state index in [9.17, 15) is 4.79 Å². The number of methoxy groups -OCH3 is 1. The molecule has 0 aliphatic heterocycles. The summed E-state index contributed by atoms with van der Waals surface area (Å²) in [7, 11) is 1.61. The minimum atomic E-state index is 0.371. The monoisotopic (exact) mass is 190 g/mol. The highest BCUT2D eigenvalue weighted by molar-refractivity contribution is 5.77. The van der Waals surface area contributed by atoms with Crippen molar-refractivity contribution in [3.8, 4) is 5.75 Å². The Bertz CT molecular complexity index is 334. The standard InChI is InChI=1S/C11H12NO2/c1-14-11-4-2-3-10(7-11)12(8-13)9-5-6-9/h2,4,7-9H,5-6H2,1H3. The number of anilines is 1. The molecule has 1 amide bonds. The Morgan fingerprint density at radius 2 is 2.43 bits per heavy atom. The minimum Gasteiger partial charge on any atom is -0.497 e. The molecule has 3 nitrogen and oxygen atoms in total. The summed E-state index contributed by atoms with van der Waals surface area (Å²) in [6.45, 7) is 0. The van der Waals surface area contributed by atoms with Crippen molar-refractivity contribution >= 4 is 12.1 Å². The van der Waals surface area contributed by atoms with E-state index in [1.54, 1.807) is 18.1 Å². The van der Waals surface area contributed by atoms with E-state index in [1.807, 2.05) is 12.1 Å². The maximum atomic E-state index is 10.9. The number of nitrogens with zero attached hydrogens (tertiary/aromatic N) is 1. The number of ether oxygens (including phenoxy) is 1. The molecule has 3 heteroatoms. The Hall–Kier alpha value is -1.51. The molecule has 1 aliphatic carbocycles. The van der Waals surface area contributed by atoms with Crippen molar-refractivity contribution in [3.63, 3.8) is 0 Å². The fraction of sp³-hybridized carbons (Fsp3) is 0.364. The molecule has 1 fully saturated rings. The Kier molecular flexibility index (Phi) is 2.39. The molecule has 1 aromatic rings. The van der Waals surface area contributed by atoms with Gasteiger partial charge in [0, 0.05) is 18.2 Å². The number of hydrogen-bond acceptors (Lipinski definition) is 2. The molecule has 1 aliphatic rings. The van der Waals surface area contributed by atoms with Gasteiger partial charge in [-0.25, -0.2) is 0 Å². The van der Waals surface area contributed by atoms with Crippen molar-refractivity contribution in [1.82, 2.24) is 0 Å². The third-order valence-corrected chi connectivity index (χ3v) is 2.33. The molecule has 73 valence electrons. The third-order valence-electron chi connectivity index (χ3n) is 2.33. The van der Waals surface area contributed by atoms with E-state index < -0.39 is 0 Å². The predicted octanol–water partition coefficient (Wildman–Crippen LogP) is 1.62. The van der Waals surface area contributed by atoms with E-state index >= 15 is 0 Å². The lowest BCUT2D eigenvalue weighted by Gasteiger charge is -2.16. The molecule has 0 atom stereocenters. The zero-order chi connectivity index (χ0) is 9.97. The van der Waals surface area contributed by atoms with E-state index in [0.29, 0.717) is 6.04 Å². The van der Waals surface area contributed by atoms with Crippen LogP contribution in [0.2, 0.25) is 0 Å². The average molecular weight is 190 g/mol. The molecular weight excluding hydrogens is 178 g/mol. The fourth-order valence-electron chi connectivity index (χ4n) is 1.40. The number of amides is 1. The van der Waals surface area contributed by atoms with Gasteiger partial charge in [0.2, 0.25) is 6.41 Å². The first-order valence-corrected chi connectivity index (χ1v) is 4.64. The van der Waals surface area contributed by atoms with Crippen molar-refractivity contribution in [1.29, 1.82) is 0 Å². The van der Waals surface area contributed by atoms with Gasteiger partial charge < -0.3 is 9.64 Å². The number of benzene rings is 1. The van der Waals surface area contributed by atoms with Crippen LogP contribution >= 0.6 is 0 Å². The quantitative estimate of drug-likeness (QED) is 0.675. The molecule has 1 saturated carbocycles. The lowest BCUT2D eigenvalue weighted by atomic mass is 10.3. The number of hydrogen-bond donors (Lipinski definition) is 0. The zero-order valence-corrected chi connectivity index (χ0v) is 8.06. The molecule has 0 aromatic heterocycles. The predicted molar refractivity (Wildman–Crippen MR) is 53.4 cm³/mol. The van der Waals surface area contributed by atoms with Crippen LogP contribution in [0.5, 0.6) is 5.75 Å². The topological polar surface area (TPSA) is 29.5 Å². The van der Waals surface area contributed by atoms with E-state index in [0.717, 1.165) is 30.7 Å². The van der Waals surface area contributed by atoms with Gasteiger partial charge in [0.15, 0.2) is 0 Å². The molecule has 0 spiro atoms. The van der Waals surface area contributed by atoms with Crippen molar-refractivity contribution in [3.05, 3.63) is 24.3 Å². The second-order valence-corrected chi connectivity index (χ2v) is 3.36. The number of rotatable bonds is 4. The van der Waals surface area contributed by atoms with Crippen LogP contribution in [0.3, 0.4) is 0 Å². The summed E-state index contributed by atoms with van der Waals surface area (Å²) in [5, 5.41) is 0. The average Bonchev–Trinajstić information content (AvgIpc) is 3.04. The van der Waals surface area contributed by atoms with E-state index in [2.05, 4.69) is 6.07 Å². The van der Waals surface area contributed by atoms with Crippen molar-refractivity contribution in [2.75, 3.05) is 12.0 Å². The lowest BCUT2D eigenvalue weighted by Crippen LogP contribution is -2.23. The Morgan fingerprint density at radius 1 is 1.64 bits per heavy atom. The Labute approximate surface area is 83.3 Å². The van der Waals surface area contributed by atoms with E-state index in [1.165, 1.54) is 0 Å². The second kappa shape index (κ2) is 3.70. The number of carbonyl (C=O) groups excluding carboxylic acids is 1. The van der Waals surface area contributed by atoms with Gasteiger partial charge in [-0.1, -0.05) is 0 Å². The summed E-state index contributed by atoms with van der Waals surface area (Å²) >= 11 is 0. The van der Waals surface area contributed by atoms with Crippen LogP contribution in [0.4, 0.5) is 5.69 Å². The largest absolute Gasteiger partial charge is 0.497 e. The maximum Gasteiger partial charge on any atom is 0.214 e. The Balaban J connectivity index is 2.24. The molecule has 0 heterocycles. The van der Waals surface area contributed by atoms with Crippen molar-refractivity contribution in [2.24, 2.45) is 0 Å². The SMILES string of the molecule is COc1cc[c]c(N(C=O)C2CC2)c1. The van der Waals surface area contributed by atoms with Crippen LogP contribution < -0.4 is 9.64 Å². The summed E-state index contributed by atoms with van der Waals surface area (Å²) in [6.07, 6.45) is 3.04. The summed E-state index contributed by atoms with van der Waals surface area (Å²) in [5.74, 6) is 0.756. The van der Waals surface area contributed by atoms with Gasteiger partial charge in [-0.15, -0.1) is 0 Å². The first kappa shape index (κ1) is 9.06. The van der Waals surface area contributed by atoms with Gasteiger partial charge in [0.05, 0.1) is 12.8 Å². The molecule has 0 N–H and O–H groups in total. The van der Waals surface area contributed by atoms with E-state index in [-0.39, 0.29) is 0 Å². The molecule has 2 rings (SSSR count). The summed E-state index contributed by atoms with van der Waals surface area (Å²) in [4.78, 5) is 12.6. The summed E-state index contributed by atoms with van der Waals surface area (Å²) in [5.41, 5.74) is 0.793. The van der Waals surface area contributed by atoms with Crippen molar-refractivity contribution in [2.45, 2.75) is 18.9 Å². The van der Waals surface area contributed by atoms with Gasteiger partial charge in [-0.05, 0) is 25.0 Å². The molecule has 0 saturated heterocycles. The highest BCUT2D eigenvalue weighted by Crippen LogP contribution is 2.31. The van der Waals surface area contributed by atoms with Crippen molar-refractivity contribution < 1.29 is 9.53 Å². The zero-order valence-electron chi connectivity index (χ0n) is 8.06. The molecule has 0 unspecified atom stereocenters. The molecule has 1 radical (unpaired) electrons. The summed E-state index contributed by atoms with van der Waals surface area (Å²) in [6, 6.07) is 8.82. The smallest absolute Gasteiger partial charge is 0.214 e. The van der Waals surface area contributed by atoms with Gasteiger partial charge in [-0.3, -0.25) is 4.79 Å². The third kappa shape index (κ3) is 1.71. The number of carbonyl (C=O) groups is 1. The normalized spacial score (nSPS) is 14.9. The molecule has 1 aromatic carbocycles. The Morgan fingerprint density at radius 3 is 3.00 bits per heavy atom. The maximum absolute atomic E-state index is 10.9. The lowest BCUT2D eigenvalue weighted by molar-refractivity contribution is -0.107. The highest BCUT2D eigenvalue weighted by Gasteiger charge is 2.29. The molecular formula is C11H12NO2. The highest BCUT2D eigenvalue weighted by atomic mass is 16.5. The van der Waals surface area contributed by atoms with Crippen LogP contribution in [0, 0.1) is 6.07 Å². The van der Waals surface area contributed by atoms with Crippen LogP contribution in [0.1, 0.15) is 12.8 Å². The minimum absolute atomic E-state index is 0.371. The second-order valence-electron chi connectivity index (χ2n) is 3.36. The van der Waals surface area contributed by atoms with Gasteiger partial charge in [-0.2, -0.15) is 0 Å². The molecule has 14 heavy (non-hydrogen) atoms. The van der Waals surface area contributed by atoms with Crippen LogP contribution in [0.25, 0.3) is 0 Å². The van der Waals surface area contributed by atoms with Gasteiger partial charge in [0.1, 0.15) is 5.75 Å². The van der Waals surface area contributed by atoms with E-state index in [4.69, 9.17) is 4.74 Å².